The summed E-state index contributed by atoms with van der Waals surface area (Å²) in [6.07, 6.45) is 0.110. The number of carbonyl (C=O) groups excluding carboxylic acids is 1. The zero-order valence-electron chi connectivity index (χ0n) is 8.84. The van der Waals surface area contributed by atoms with Crippen LogP contribution < -0.4 is 5.32 Å². The first-order valence-electron chi connectivity index (χ1n) is 4.96. The molecule has 0 aliphatic heterocycles. The number of amides is 1. The normalized spacial score (nSPS) is 10.8. The average molecular weight is 295 g/mol. The molecule has 3 nitrogen and oxygen atoms in total. The Morgan fingerprint density at radius 3 is 2.88 bits per heavy atom. The fourth-order valence-corrected chi connectivity index (χ4v) is 1.82. The molecule has 1 rings (SSSR count). The summed E-state index contributed by atoms with van der Waals surface area (Å²) in [6, 6.07) is 1.62. The minimum atomic E-state index is -2.53. The lowest BCUT2D eigenvalue weighted by Crippen LogP contribution is -2.30. The Morgan fingerprint density at radius 2 is 2.31 bits per heavy atom. The highest BCUT2D eigenvalue weighted by Gasteiger charge is 2.13. The second-order valence-electron chi connectivity index (χ2n) is 3.34. The number of aromatic nitrogens is 1. The van der Waals surface area contributed by atoms with Crippen molar-refractivity contribution >= 4 is 21.8 Å². The Labute approximate surface area is 101 Å². The smallest absolute Gasteiger partial charge is 0.268 e. The van der Waals surface area contributed by atoms with E-state index in [-0.39, 0.29) is 0 Å². The minimum absolute atomic E-state index is 0.398. The summed E-state index contributed by atoms with van der Waals surface area (Å²) in [5.41, 5.74) is 0.398. The van der Waals surface area contributed by atoms with Crippen LogP contribution in [-0.2, 0) is 6.54 Å². The number of carbonyl (C=O) groups is 1. The van der Waals surface area contributed by atoms with Gasteiger partial charge in [0.1, 0.15) is 5.69 Å². The fourth-order valence-electron chi connectivity index (χ4n) is 1.35. The summed E-state index contributed by atoms with van der Waals surface area (Å²) < 4.78 is 26.4. The van der Waals surface area contributed by atoms with Gasteiger partial charge in [-0.1, -0.05) is 6.92 Å². The van der Waals surface area contributed by atoms with E-state index in [0.717, 1.165) is 10.9 Å². The number of aryl methyl sites for hydroxylation is 1. The van der Waals surface area contributed by atoms with Gasteiger partial charge in [-0.25, -0.2) is 8.78 Å². The standard InChI is InChI=1S/C10H13BrF2N2O/c1-2-3-15-6-7(11)4-8(15)10(16)14-5-9(12)13/h4,6,9H,2-3,5H2,1H3,(H,14,16). The highest BCUT2D eigenvalue weighted by atomic mass is 79.9. The number of nitrogens with one attached hydrogen (secondary N) is 1. The second kappa shape index (κ2) is 5.98. The Balaban J connectivity index is 2.73. The maximum Gasteiger partial charge on any atom is 0.268 e. The van der Waals surface area contributed by atoms with Crippen molar-refractivity contribution in [3.63, 3.8) is 0 Å². The fraction of sp³-hybridized carbons (Fsp3) is 0.500. The van der Waals surface area contributed by atoms with Crippen molar-refractivity contribution in [3.8, 4) is 0 Å². The van der Waals surface area contributed by atoms with Crippen LogP contribution >= 0.6 is 15.9 Å². The molecule has 1 aromatic heterocycles. The summed E-state index contributed by atoms with van der Waals surface area (Å²) in [5.74, 6) is -0.473. The van der Waals surface area contributed by atoms with Crippen molar-refractivity contribution in [2.75, 3.05) is 6.54 Å². The number of nitrogens with zero attached hydrogens (tertiary/aromatic N) is 1. The molecule has 0 atom stereocenters. The molecule has 90 valence electrons. The third-order valence-electron chi connectivity index (χ3n) is 1.98. The van der Waals surface area contributed by atoms with Crippen LogP contribution in [-0.4, -0.2) is 23.4 Å². The molecule has 1 heterocycles. The van der Waals surface area contributed by atoms with Crippen molar-refractivity contribution < 1.29 is 13.6 Å². The summed E-state index contributed by atoms with van der Waals surface area (Å²) in [7, 11) is 0. The predicted molar refractivity (Wildman–Crippen MR) is 60.8 cm³/mol. The van der Waals surface area contributed by atoms with Crippen molar-refractivity contribution in [3.05, 3.63) is 22.4 Å². The molecule has 0 aliphatic rings. The Hall–Kier alpha value is -0.910. The minimum Gasteiger partial charge on any atom is -0.345 e. The van der Waals surface area contributed by atoms with Gasteiger partial charge in [0, 0.05) is 17.2 Å². The lowest BCUT2D eigenvalue weighted by atomic mass is 10.3. The van der Waals surface area contributed by atoms with Gasteiger partial charge in [0.05, 0.1) is 6.54 Å². The van der Waals surface area contributed by atoms with Gasteiger partial charge in [-0.05, 0) is 28.4 Å². The molecule has 0 spiro atoms. The molecule has 0 bridgehead atoms. The van der Waals surface area contributed by atoms with Crippen LogP contribution in [0.4, 0.5) is 8.78 Å². The molecule has 0 aliphatic carbocycles. The van der Waals surface area contributed by atoms with Crippen molar-refractivity contribution in [2.45, 2.75) is 26.3 Å². The van der Waals surface area contributed by atoms with Crippen LogP contribution in [0.2, 0.25) is 0 Å². The molecule has 1 N–H and O–H groups in total. The van der Waals surface area contributed by atoms with Crippen LogP contribution in [0.15, 0.2) is 16.7 Å². The number of hydrogen-bond donors (Lipinski definition) is 1. The molecule has 0 unspecified atom stereocenters. The van der Waals surface area contributed by atoms with E-state index in [9.17, 15) is 13.6 Å². The van der Waals surface area contributed by atoms with Gasteiger partial charge in [0.25, 0.3) is 12.3 Å². The van der Waals surface area contributed by atoms with Gasteiger partial charge in [-0.2, -0.15) is 0 Å². The molecule has 0 aromatic carbocycles. The maximum absolute atomic E-state index is 11.9. The predicted octanol–water partition coefficient (Wildman–Crippen LogP) is 2.66. The largest absolute Gasteiger partial charge is 0.345 e. The van der Waals surface area contributed by atoms with Crippen LogP contribution in [0.3, 0.4) is 0 Å². The van der Waals surface area contributed by atoms with Crippen LogP contribution in [0, 0.1) is 0 Å². The van der Waals surface area contributed by atoms with Gasteiger partial charge in [-0.3, -0.25) is 4.79 Å². The Bertz CT molecular complexity index is 366. The highest BCUT2D eigenvalue weighted by molar-refractivity contribution is 9.10. The molecule has 1 amide bonds. The summed E-state index contributed by atoms with van der Waals surface area (Å²) in [5, 5.41) is 2.18. The first kappa shape index (κ1) is 13.2. The molecule has 16 heavy (non-hydrogen) atoms. The van der Waals surface area contributed by atoms with Crippen LogP contribution in [0.5, 0.6) is 0 Å². The SMILES string of the molecule is CCCn1cc(Br)cc1C(=O)NCC(F)F. The summed E-state index contributed by atoms with van der Waals surface area (Å²) in [4.78, 5) is 11.6. The molecule has 6 heteroatoms. The lowest BCUT2D eigenvalue weighted by Gasteiger charge is -2.07. The van der Waals surface area contributed by atoms with E-state index in [0.29, 0.717) is 12.2 Å². The maximum atomic E-state index is 11.9. The van der Waals surface area contributed by atoms with E-state index >= 15 is 0 Å². The van der Waals surface area contributed by atoms with Crippen LogP contribution in [0.25, 0.3) is 0 Å². The van der Waals surface area contributed by atoms with E-state index in [1.165, 1.54) is 0 Å². The third kappa shape index (κ3) is 3.59. The molecule has 0 saturated carbocycles. The zero-order valence-corrected chi connectivity index (χ0v) is 10.4. The Kier molecular flexibility index (Phi) is 4.92. The molecular formula is C10H13BrF2N2O. The van der Waals surface area contributed by atoms with Gasteiger partial charge < -0.3 is 9.88 Å². The number of rotatable bonds is 5. The van der Waals surface area contributed by atoms with Crippen molar-refractivity contribution in [2.24, 2.45) is 0 Å². The zero-order chi connectivity index (χ0) is 12.1. The van der Waals surface area contributed by atoms with Gasteiger partial charge in [0.2, 0.25) is 0 Å². The van der Waals surface area contributed by atoms with E-state index in [1.807, 2.05) is 6.92 Å². The number of halogens is 3. The summed E-state index contributed by atoms with van der Waals surface area (Å²) in [6.45, 7) is 2.05. The van der Waals surface area contributed by atoms with E-state index in [2.05, 4.69) is 21.2 Å². The second-order valence-corrected chi connectivity index (χ2v) is 4.25. The van der Waals surface area contributed by atoms with Gasteiger partial charge in [0.15, 0.2) is 0 Å². The average Bonchev–Trinajstić information content (AvgIpc) is 2.56. The Morgan fingerprint density at radius 1 is 1.62 bits per heavy atom. The third-order valence-corrected chi connectivity index (χ3v) is 2.41. The van der Waals surface area contributed by atoms with Crippen LogP contribution in [0.1, 0.15) is 23.8 Å². The molecular weight excluding hydrogens is 282 g/mol. The van der Waals surface area contributed by atoms with E-state index in [1.54, 1.807) is 16.8 Å². The number of hydrogen-bond acceptors (Lipinski definition) is 1. The lowest BCUT2D eigenvalue weighted by molar-refractivity contribution is 0.0882. The van der Waals surface area contributed by atoms with Gasteiger partial charge in [-0.15, -0.1) is 0 Å². The molecule has 0 saturated heterocycles. The topological polar surface area (TPSA) is 34.0 Å². The van der Waals surface area contributed by atoms with E-state index in [4.69, 9.17) is 0 Å². The first-order chi connectivity index (χ1) is 7.54. The molecule has 1 aromatic rings. The first-order valence-corrected chi connectivity index (χ1v) is 5.76. The van der Waals surface area contributed by atoms with Crippen molar-refractivity contribution in [1.82, 2.24) is 9.88 Å². The van der Waals surface area contributed by atoms with Crippen molar-refractivity contribution in [1.29, 1.82) is 0 Å². The highest BCUT2D eigenvalue weighted by Crippen LogP contribution is 2.15. The molecule has 0 radical (unpaired) electrons. The van der Waals surface area contributed by atoms with Gasteiger partial charge >= 0.3 is 0 Å². The van der Waals surface area contributed by atoms with E-state index < -0.39 is 18.9 Å². The molecule has 0 fully saturated rings. The quantitative estimate of drug-likeness (QED) is 0.890. The monoisotopic (exact) mass is 294 g/mol. The summed E-state index contributed by atoms with van der Waals surface area (Å²) >= 11 is 3.25. The number of alkyl halides is 2.